The van der Waals surface area contributed by atoms with Gasteiger partial charge >= 0.3 is 0 Å². The van der Waals surface area contributed by atoms with Gasteiger partial charge in [-0.1, -0.05) is 37.6 Å². The van der Waals surface area contributed by atoms with Gasteiger partial charge in [0.25, 0.3) is 0 Å². The third-order valence-corrected chi connectivity index (χ3v) is 5.02. The smallest absolute Gasteiger partial charge is 0.246 e. The van der Waals surface area contributed by atoms with Crippen LogP contribution in [0.15, 0.2) is 30.3 Å². The third-order valence-electron chi connectivity index (χ3n) is 4.63. The topological polar surface area (TPSA) is 65.2 Å². The molecule has 160 valence electrons. The molecule has 0 aliphatic heterocycles. The molecule has 0 atom stereocenters. The van der Waals surface area contributed by atoms with E-state index in [2.05, 4.69) is 25.0 Å². The summed E-state index contributed by atoms with van der Waals surface area (Å²) in [5.41, 5.74) is 3.16. The molecule has 6 nitrogen and oxygen atoms in total. The van der Waals surface area contributed by atoms with Gasteiger partial charge in [-0.25, -0.2) is 0 Å². The van der Waals surface area contributed by atoms with E-state index in [0.29, 0.717) is 29.7 Å². The van der Waals surface area contributed by atoms with E-state index >= 15 is 0 Å². The number of aryl methyl sites for hydroxylation is 1. The van der Waals surface area contributed by atoms with Crippen LogP contribution in [0.4, 0.5) is 0 Å². The lowest BCUT2D eigenvalue weighted by atomic mass is 10.1. The zero-order chi connectivity index (χ0) is 22.3. The van der Waals surface area contributed by atoms with E-state index in [4.69, 9.17) is 16.9 Å². The van der Waals surface area contributed by atoms with E-state index in [-0.39, 0.29) is 5.91 Å². The Kier molecular flexibility index (Phi) is 8.64. The van der Waals surface area contributed by atoms with Crippen LogP contribution in [0.1, 0.15) is 36.2 Å². The Balaban J connectivity index is 2.19. The van der Waals surface area contributed by atoms with Crippen LogP contribution in [0.5, 0.6) is 0 Å². The van der Waals surface area contributed by atoms with Crippen LogP contribution >= 0.6 is 11.6 Å². The van der Waals surface area contributed by atoms with Crippen molar-refractivity contribution in [3.05, 3.63) is 57.9 Å². The summed E-state index contributed by atoms with van der Waals surface area (Å²) < 4.78 is 1.78. The second-order valence-corrected chi connectivity index (χ2v) is 8.43. The van der Waals surface area contributed by atoms with Gasteiger partial charge in [0.1, 0.15) is 5.15 Å². The quantitative estimate of drug-likeness (QED) is 0.568. The van der Waals surface area contributed by atoms with E-state index in [1.54, 1.807) is 33.9 Å². The number of hydrogen-bond donors (Lipinski definition) is 0. The summed E-state index contributed by atoms with van der Waals surface area (Å²) in [6.45, 7) is 8.67. The maximum Gasteiger partial charge on any atom is 0.246 e. The highest BCUT2D eigenvalue weighted by atomic mass is 35.5. The fourth-order valence-corrected chi connectivity index (χ4v) is 3.28. The van der Waals surface area contributed by atoms with Crippen molar-refractivity contribution in [1.29, 1.82) is 5.26 Å². The Morgan fingerprint density at radius 2 is 1.93 bits per heavy atom. The molecular weight excluding hydrogens is 398 g/mol. The Hall–Kier alpha value is -2.62. The molecule has 1 aromatic carbocycles. The summed E-state index contributed by atoms with van der Waals surface area (Å²) in [7, 11) is 3.96. The molecule has 1 amide bonds. The number of likely N-dealkylation sites (N-methyl/N-ethyl adjacent to an activating group) is 1. The number of nitriles is 1. The summed E-state index contributed by atoms with van der Waals surface area (Å²) in [6.07, 6.45) is 3.32. The summed E-state index contributed by atoms with van der Waals surface area (Å²) in [6, 6.07) is 9.42. The fourth-order valence-electron chi connectivity index (χ4n) is 2.98. The maximum absolute atomic E-state index is 13.0. The minimum Gasteiger partial charge on any atom is -0.334 e. The number of aromatic nitrogens is 2. The molecule has 2 rings (SSSR count). The van der Waals surface area contributed by atoms with E-state index < -0.39 is 0 Å². The molecule has 2 aromatic rings. The molecule has 0 N–H and O–H groups in total. The summed E-state index contributed by atoms with van der Waals surface area (Å²) in [4.78, 5) is 16.8. The lowest BCUT2D eigenvalue weighted by molar-refractivity contribution is -0.126. The van der Waals surface area contributed by atoms with Gasteiger partial charge in [-0.15, -0.1) is 0 Å². The second kappa shape index (κ2) is 11.0. The summed E-state index contributed by atoms with van der Waals surface area (Å²) in [5, 5.41) is 14.0. The van der Waals surface area contributed by atoms with Crippen LogP contribution < -0.4 is 0 Å². The molecular formula is C23H30ClN5O. The van der Waals surface area contributed by atoms with Crippen LogP contribution in [-0.2, 0) is 17.9 Å². The molecule has 0 unspecified atom stereocenters. The molecule has 0 aliphatic rings. The van der Waals surface area contributed by atoms with Gasteiger partial charge in [-0.05, 0) is 50.7 Å². The molecule has 0 aliphatic carbocycles. The second-order valence-electron chi connectivity index (χ2n) is 8.07. The molecule has 0 radical (unpaired) electrons. The molecule has 1 heterocycles. The Morgan fingerprint density at radius 3 is 2.50 bits per heavy atom. The minimum absolute atomic E-state index is 0.0896. The van der Waals surface area contributed by atoms with Gasteiger partial charge in [-0.2, -0.15) is 10.4 Å². The van der Waals surface area contributed by atoms with E-state index in [1.165, 1.54) is 0 Å². The highest BCUT2D eigenvalue weighted by molar-refractivity contribution is 6.31. The number of carbonyl (C=O) groups excluding carboxylic acids is 1. The molecule has 1 aromatic heterocycles. The number of nitrogens with zero attached hydrogens (tertiary/aromatic N) is 5. The Morgan fingerprint density at radius 1 is 1.27 bits per heavy atom. The standard InChI is InChI=1S/C23H30ClN5O/c1-17(2)15-29-23(24)21(18(3)26-29)10-11-22(30)28(13-12-27(4)5)16-20-8-6-19(14-25)7-9-20/h6-11,17H,12-13,15-16H2,1-5H3. The van der Waals surface area contributed by atoms with Crippen molar-refractivity contribution < 1.29 is 4.79 Å². The van der Waals surface area contributed by atoms with Crippen LogP contribution in [0.2, 0.25) is 5.15 Å². The van der Waals surface area contributed by atoms with Crippen molar-refractivity contribution >= 4 is 23.6 Å². The minimum atomic E-state index is -0.0896. The normalized spacial score (nSPS) is 11.4. The van der Waals surface area contributed by atoms with Gasteiger partial charge in [0.15, 0.2) is 0 Å². The largest absolute Gasteiger partial charge is 0.334 e. The first-order valence-corrected chi connectivity index (χ1v) is 10.4. The highest BCUT2D eigenvalue weighted by Gasteiger charge is 2.15. The number of carbonyl (C=O) groups is 1. The van der Waals surface area contributed by atoms with Crippen molar-refractivity contribution in [3.63, 3.8) is 0 Å². The maximum atomic E-state index is 13.0. The van der Waals surface area contributed by atoms with Gasteiger partial charge in [0.05, 0.1) is 17.3 Å². The predicted molar refractivity (Wildman–Crippen MR) is 121 cm³/mol. The first-order valence-electron chi connectivity index (χ1n) is 10.0. The van der Waals surface area contributed by atoms with E-state index in [0.717, 1.165) is 29.9 Å². The molecule has 7 heteroatoms. The van der Waals surface area contributed by atoms with Crippen LogP contribution in [0.3, 0.4) is 0 Å². The number of hydrogen-bond acceptors (Lipinski definition) is 4. The van der Waals surface area contributed by atoms with Gasteiger partial charge in [0, 0.05) is 37.8 Å². The first kappa shape index (κ1) is 23.7. The molecule has 0 saturated heterocycles. The number of benzene rings is 1. The van der Waals surface area contributed by atoms with Crippen LogP contribution in [-0.4, -0.2) is 52.7 Å². The van der Waals surface area contributed by atoms with Crippen molar-refractivity contribution in [3.8, 4) is 6.07 Å². The summed E-state index contributed by atoms with van der Waals surface area (Å²) >= 11 is 6.49. The van der Waals surface area contributed by atoms with Crippen molar-refractivity contribution in [2.24, 2.45) is 5.92 Å². The van der Waals surface area contributed by atoms with Crippen molar-refractivity contribution in [1.82, 2.24) is 19.6 Å². The number of amides is 1. The van der Waals surface area contributed by atoms with Crippen LogP contribution in [0, 0.1) is 24.2 Å². The summed E-state index contributed by atoms with van der Waals surface area (Å²) in [5.74, 6) is 0.336. The van der Waals surface area contributed by atoms with E-state index in [1.807, 2.05) is 38.1 Å². The Labute approximate surface area is 184 Å². The first-order chi connectivity index (χ1) is 14.2. The number of halogens is 1. The predicted octanol–water partition coefficient (Wildman–Crippen LogP) is 3.98. The highest BCUT2D eigenvalue weighted by Crippen LogP contribution is 2.22. The van der Waals surface area contributed by atoms with Crippen LogP contribution in [0.25, 0.3) is 6.08 Å². The lowest BCUT2D eigenvalue weighted by Crippen LogP contribution is -2.35. The third kappa shape index (κ3) is 6.72. The van der Waals surface area contributed by atoms with Gasteiger partial charge < -0.3 is 9.80 Å². The molecule has 0 saturated carbocycles. The zero-order valence-electron chi connectivity index (χ0n) is 18.4. The molecule has 30 heavy (non-hydrogen) atoms. The van der Waals surface area contributed by atoms with Gasteiger partial charge in [0.2, 0.25) is 5.91 Å². The molecule has 0 fully saturated rings. The van der Waals surface area contributed by atoms with E-state index in [9.17, 15) is 4.79 Å². The zero-order valence-corrected chi connectivity index (χ0v) is 19.1. The van der Waals surface area contributed by atoms with Crippen molar-refractivity contribution in [2.75, 3.05) is 27.2 Å². The average Bonchev–Trinajstić information content (AvgIpc) is 2.95. The molecule has 0 bridgehead atoms. The van der Waals surface area contributed by atoms with Crippen molar-refractivity contribution in [2.45, 2.75) is 33.9 Å². The molecule has 0 spiro atoms. The fraction of sp³-hybridized carbons (Fsp3) is 0.435. The SMILES string of the molecule is Cc1nn(CC(C)C)c(Cl)c1C=CC(=O)N(CCN(C)C)Cc1ccc(C#N)cc1. The monoisotopic (exact) mass is 427 g/mol. The Bertz CT molecular complexity index is 922. The number of rotatable bonds is 9. The average molecular weight is 428 g/mol. The van der Waals surface area contributed by atoms with Gasteiger partial charge in [-0.3, -0.25) is 9.48 Å². The lowest BCUT2D eigenvalue weighted by Gasteiger charge is -2.23.